The average molecular weight is 84.1 g/mol. The first-order chi connectivity index (χ1) is 3.00. The van der Waals surface area contributed by atoms with E-state index in [1.165, 1.54) is 19.0 Å². The van der Waals surface area contributed by atoms with Crippen LogP contribution in [0.15, 0.2) is 33.9 Å². The number of hydrogen-bond donors (Lipinski definition) is 0. The van der Waals surface area contributed by atoms with E-state index in [4.69, 9.17) is 0 Å². The van der Waals surface area contributed by atoms with Crippen LogP contribution in [0.1, 0.15) is 0 Å². The Balaban J connectivity index is 3.00. The Morgan fingerprint density at radius 1 is 1.00 bits per heavy atom. The van der Waals surface area contributed by atoms with Crippen LogP contribution >= 0.6 is 0 Å². The molecule has 0 aliphatic rings. The Morgan fingerprint density at radius 3 is 1.83 bits per heavy atom. The molecule has 1 aromatic heterocycles. The second kappa shape index (κ2) is 1.50. The highest BCUT2D eigenvalue weighted by Crippen LogP contribution is 1.79. The van der Waals surface area contributed by atoms with Crippen molar-refractivity contribution in [1.82, 2.24) is 0 Å². The molecule has 0 fully saturated rings. The molecule has 2 heteroatoms. The Labute approximate surface area is 35.0 Å². The monoisotopic (exact) mass is 84.0 g/mol. The van der Waals surface area contributed by atoms with Crippen LogP contribution in [-0.2, 0) is 0 Å². The molecular weight excluding hydrogens is 80.0 g/mol. The van der Waals surface area contributed by atoms with Gasteiger partial charge in [-0.1, -0.05) is 0 Å². The summed E-state index contributed by atoms with van der Waals surface area (Å²) in [5.74, 6) is 0. The van der Waals surface area contributed by atoms with Crippen molar-refractivity contribution in [3.8, 4) is 0 Å². The Morgan fingerprint density at radius 2 is 1.67 bits per heavy atom. The molecule has 0 spiro atoms. The molecule has 6 heavy (non-hydrogen) atoms. The van der Waals surface area contributed by atoms with Gasteiger partial charge in [-0.25, -0.2) is 0 Å². The maximum Gasteiger partial charge on any atom is 0.710 e. The van der Waals surface area contributed by atoms with Crippen LogP contribution < -0.4 is 0 Å². The summed E-state index contributed by atoms with van der Waals surface area (Å²) in [6, 6.07) is 1.67. The summed E-state index contributed by atoms with van der Waals surface area (Å²) in [5.41, 5.74) is 0. The van der Waals surface area contributed by atoms with Gasteiger partial charge in [0.05, 0.1) is 0 Å². The molecule has 1 heterocycles. The molecule has 1 aromatic rings. The minimum Gasteiger partial charge on any atom is -0.136 e. The van der Waals surface area contributed by atoms with Crippen LogP contribution in [0.5, 0.6) is 0 Å². The zero-order valence-corrected chi connectivity index (χ0v) is 3.13. The van der Waals surface area contributed by atoms with Gasteiger partial charge >= 0.3 is 19.0 Å². The van der Waals surface area contributed by atoms with E-state index in [2.05, 4.69) is 8.83 Å². The standard InChI is InChI=1S/C4H4O2/c1-2-5-4-6-3-1/h1-4H/q+2. The lowest BCUT2D eigenvalue weighted by Gasteiger charge is -1.45. The zero-order valence-electron chi connectivity index (χ0n) is 3.13. The maximum atomic E-state index is 4.51. The van der Waals surface area contributed by atoms with Gasteiger partial charge in [0, 0.05) is 0 Å². The largest absolute Gasteiger partial charge is 0.710 e. The smallest absolute Gasteiger partial charge is 0.136 e. The normalized spacial score (nSPS) is 8.00. The van der Waals surface area contributed by atoms with Crippen molar-refractivity contribution in [2.24, 2.45) is 0 Å². The summed E-state index contributed by atoms with van der Waals surface area (Å²) < 4.78 is 9.02. The molecule has 0 saturated heterocycles. The lowest BCUT2D eigenvalue weighted by molar-refractivity contribution is 0.370. The van der Waals surface area contributed by atoms with Crippen molar-refractivity contribution in [1.29, 1.82) is 0 Å². The van der Waals surface area contributed by atoms with Gasteiger partial charge in [-0.15, -0.1) is 8.83 Å². The van der Waals surface area contributed by atoms with Gasteiger partial charge in [0.25, 0.3) is 0 Å². The fourth-order valence-electron chi connectivity index (χ4n) is 0.219. The molecule has 0 aromatic carbocycles. The van der Waals surface area contributed by atoms with Gasteiger partial charge in [0.15, 0.2) is 0 Å². The lowest BCUT2D eigenvalue weighted by atomic mass is 10.8. The minimum absolute atomic E-state index is 1.25. The van der Waals surface area contributed by atoms with Crippen LogP contribution in [0, 0.1) is 0 Å². The Bertz CT molecular complexity index is 77.5. The fourth-order valence-corrected chi connectivity index (χ4v) is 0.219. The molecule has 0 N–H and O–H groups in total. The third-order valence-corrected chi connectivity index (χ3v) is 0.425. The topological polar surface area (TPSA) is 22.6 Å². The van der Waals surface area contributed by atoms with E-state index < -0.39 is 0 Å². The van der Waals surface area contributed by atoms with Crippen molar-refractivity contribution in [2.45, 2.75) is 0 Å². The molecule has 2 nitrogen and oxygen atoms in total. The fraction of sp³-hybridized carbons (Fsp3) is 0. The first kappa shape index (κ1) is 3.28. The van der Waals surface area contributed by atoms with E-state index in [-0.39, 0.29) is 0 Å². The molecular formula is C4H4O2+2. The van der Waals surface area contributed by atoms with E-state index in [1.54, 1.807) is 6.07 Å². The van der Waals surface area contributed by atoms with Crippen molar-refractivity contribution in [2.75, 3.05) is 0 Å². The highest BCUT2D eigenvalue weighted by Gasteiger charge is 1.88. The van der Waals surface area contributed by atoms with E-state index >= 15 is 0 Å². The summed E-state index contributed by atoms with van der Waals surface area (Å²) in [6.07, 6.45) is 3.06. The van der Waals surface area contributed by atoms with Gasteiger partial charge in [-0.3, -0.25) is 0 Å². The molecule has 0 aliphatic carbocycles. The van der Waals surface area contributed by atoms with E-state index in [9.17, 15) is 0 Å². The number of hydrogen-bond acceptors (Lipinski definition) is 0. The molecule has 30 valence electrons. The average Bonchev–Trinajstić information content (AvgIpc) is 1.72. The van der Waals surface area contributed by atoms with Crippen LogP contribution in [0.4, 0.5) is 0 Å². The van der Waals surface area contributed by atoms with Gasteiger partial charge in [-0.2, -0.15) is 0 Å². The third kappa shape index (κ3) is 0.516. The predicted molar refractivity (Wildman–Crippen MR) is 19.8 cm³/mol. The molecule has 0 amide bonds. The Hall–Kier alpha value is -0.920. The second-order valence-electron chi connectivity index (χ2n) is 0.833. The highest BCUT2D eigenvalue weighted by atomic mass is 16.5. The van der Waals surface area contributed by atoms with Gasteiger partial charge in [0.1, 0.15) is 6.07 Å². The molecule has 1 rings (SSSR count). The molecule has 0 saturated carbocycles. The molecule has 0 aliphatic heterocycles. The first-order valence-corrected chi connectivity index (χ1v) is 1.61. The van der Waals surface area contributed by atoms with Crippen LogP contribution in [-0.4, -0.2) is 0 Å². The Kier molecular flexibility index (Phi) is 0.819. The summed E-state index contributed by atoms with van der Waals surface area (Å²) in [6.45, 7) is 1.25. The van der Waals surface area contributed by atoms with E-state index in [0.717, 1.165) is 0 Å². The molecule has 0 atom stereocenters. The van der Waals surface area contributed by atoms with Gasteiger partial charge in [-0.05, 0) is 0 Å². The first-order valence-electron chi connectivity index (χ1n) is 1.61. The van der Waals surface area contributed by atoms with Crippen molar-refractivity contribution < 1.29 is 8.83 Å². The van der Waals surface area contributed by atoms with Gasteiger partial charge in [0.2, 0.25) is 0 Å². The van der Waals surface area contributed by atoms with Crippen molar-refractivity contribution in [3.63, 3.8) is 0 Å². The van der Waals surface area contributed by atoms with Crippen LogP contribution in [0.25, 0.3) is 0 Å². The van der Waals surface area contributed by atoms with Crippen LogP contribution in [0.3, 0.4) is 0 Å². The quantitative estimate of drug-likeness (QED) is 0.444. The zero-order chi connectivity index (χ0) is 4.24. The second-order valence-corrected chi connectivity index (χ2v) is 0.833. The SMILES string of the molecule is c1c[o+]c[o+]c1. The molecule has 0 unspecified atom stereocenters. The summed E-state index contributed by atoms with van der Waals surface area (Å²) in [5, 5.41) is 0. The van der Waals surface area contributed by atoms with Crippen molar-refractivity contribution >= 4 is 0 Å². The van der Waals surface area contributed by atoms with E-state index in [0.29, 0.717) is 0 Å². The predicted octanol–water partition coefficient (Wildman–Crippen LogP) is 1.43. The maximum absolute atomic E-state index is 4.51. The van der Waals surface area contributed by atoms with Crippen molar-refractivity contribution in [3.05, 3.63) is 25.1 Å². The highest BCUT2D eigenvalue weighted by molar-refractivity contribution is 4.65. The van der Waals surface area contributed by atoms with Gasteiger partial charge < -0.3 is 0 Å². The summed E-state index contributed by atoms with van der Waals surface area (Å²) >= 11 is 0. The number of rotatable bonds is 0. The molecule has 0 bridgehead atoms. The minimum atomic E-state index is 1.25. The summed E-state index contributed by atoms with van der Waals surface area (Å²) in [4.78, 5) is 0. The van der Waals surface area contributed by atoms with Crippen LogP contribution in [0.2, 0.25) is 0 Å². The summed E-state index contributed by atoms with van der Waals surface area (Å²) in [7, 11) is 0. The van der Waals surface area contributed by atoms with E-state index in [1.807, 2.05) is 0 Å². The third-order valence-electron chi connectivity index (χ3n) is 0.425. The lowest BCUT2D eigenvalue weighted by Crippen LogP contribution is -1.47. The molecule has 0 radical (unpaired) electrons.